The van der Waals surface area contributed by atoms with Gasteiger partial charge in [0.2, 0.25) is 0 Å². The van der Waals surface area contributed by atoms with Crippen LogP contribution in [0.5, 0.6) is 0 Å². The van der Waals surface area contributed by atoms with Gasteiger partial charge in [-0.1, -0.05) is 6.08 Å². The van der Waals surface area contributed by atoms with Crippen molar-refractivity contribution in [3.05, 3.63) is 12.2 Å². The van der Waals surface area contributed by atoms with Crippen molar-refractivity contribution in [2.75, 3.05) is 13.2 Å². The number of aliphatic hydroxyl groups is 1. The Morgan fingerprint density at radius 2 is 2.38 bits per heavy atom. The zero-order valence-corrected chi connectivity index (χ0v) is 7.87. The van der Waals surface area contributed by atoms with Crippen molar-refractivity contribution in [2.45, 2.75) is 31.9 Å². The second-order valence-electron chi connectivity index (χ2n) is 3.42. The summed E-state index contributed by atoms with van der Waals surface area (Å²) in [4.78, 5) is 0. The van der Waals surface area contributed by atoms with E-state index >= 15 is 0 Å². The SMILES string of the molecule is CC1(C)OC[C@H]([C@@H](F)/C=C/CO)O1. The molecule has 76 valence electrons. The number of hydrogen-bond acceptors (Lipinski definition) is 3. The molecule has 0 aromatic carbocycles. The van der Waals surface area contributed by atoms with Crippen LogP contribution in [0.25, 0.3) is 0 Å². The molecule has 1 fully saturated rings. The van der Waals surface area contributed by atoms with E-state index in [1.807, 2.05) is 0 Å². The lowest BCUT2D eigenvalue weighted by molar-refractivity contribution is -0.143. The summed E-state index contributed by atoms with van der Waals surface area (Å²) >= 11 is 0. The van der Waals surface area contributed by atoms with Crippen LogP contribution in [-0.4, -0.2) is 36.4 Å². The van der Waals surface area contributed by atoms with Gasteiger partial charge in [0.25, 0.3) is 0 Å². The van der Waals surface area contributed by atoms with E-state index in [-0.39, 0.29) is 13.2 Å². The van der Waals surface area contributed by atoms with E-state index in [1.54, 1.807) is 13.8 Å². The number of aliphatic hydroxyl groups excluding tert-OH is 1. The van der Waals surface area contributed by atoms with Gasteiger partial charge in [-0.25, -0.2) is 4.39 Å². The van der Waals surface area contributed by atoms with Crippen LogP contribution in [0.3, 0.4) is 0 Å². The molecule has 1 aliphatic heterocycles. The molecule has 0 amide bonds. The van der Waals surface area contributed by atoms with Crippen molar-refractivity contribution in [1.29, 1.82) is 0 Å². The minimum Gasteiger partial charge on any atom is -0.392 e. The molecule has 0 unspecified atom stereocenters. The molecule has 0 aromatic heterocycles. The molecule has 0 aromatic rings. The quantitative estimate of drug-likeness (QED) is 0.675. The first kappa shape index (κ1) is 10.6. The molecule has 1 N–H and O–H groups in total. The zero-order valence-electron chi connectivity index (χ0n) is 7.87. The standard InChI is InChI=1S/C9H15FO3/c1-9(2)12-6-8(13-9)7(10)4-3-5-11/h3-4,7-8,11H,5-6H2,1-2H3/b4-3+/t7-,8+/m0/s1. The first-order valence-electron chi connectivity index (χ1n) is 4.28. The van der Waals surface area contributed by atoms with Gasteiger partial charge < -0.3 is 14.6 Å². The van der Waals surface area contributed by atoms with Gasteiger partial charge in [-0.15, -0.1) is 0 Å². The predicted octanol–water partition coefficient (Wildman–Crippen LogP) is 1.02. The van der Waals surface area contributed by atoms with Crippen molar-refractivity contribution >= 4 is 0 Å². The topological polar surface area (TPSA) is 38.7 Å². The number of hydrogen-bond donors (Lipinski definition) is 1. The number of ether oxygens (including phenoxy) is 2. The maximum absolute atomic E-state index is 13.2. The monoisotopic (exact) mass is 190 g/mol. The lowest BCUT2D eigenvalue weighted by Gasteiger charge is -2.17. The van der Waals surface area contributed by atoms with E-state index in [1.165, 1.54) is 12.2 Å². The van der Waals surface area contributed by atoms with E-state index in [4.69, 9.17) is 14.6 Å². The van der Waals surface area contributed by atoms with Gasteiger partial charge in [0, 0.05) is 0 Å². The van der Waals surface area contributed by atoms with Crippen molar-refractivity contribution in [2.24, 2.45) is 0 Å². The van der Waals surface area contributed by atoms with Crippen molar-refractivity contribution in [3.8, 4) is 0 Å². The van der Waals surface area contributed by atoms with Crippen LogP contribution >= 0.6 is 0 Å². The molecule has 0 spiro atoms. The summed E-state index contributed by atoms with van der Waals surface area (Å²) in [6, 6.07) is 0. The Labute approximate surface area is 77.2 Å². The van der Waals surface area contributed by atoms with E-state index in [2.05, 4.69) is 0 Å². The molecular weight excluding hydrogens is 175 g/mol. The number of alkyl halides is 1. The third kappa shape index (κ3) is 3.06. The lowest BCUT2D eigenvalue weighted by Crippen LogP contribution is -2.26. The van der Waals surface area contributed by atoms with E-state index in [0.717, 1.165) is 0 Å². The van der Waals surface area contributed by atoms with Crippen LogP contribution in [0.4, 0.5) is 4.39 Å². The summed E-state index contributed by atoms with van der Waals surface area (Å²) in [6.45, 7) is 3.59. The average Bonchev–Trinajstić information content (AvgIpc) is 2.42. The van der Waals surface area contributed by atoms with Crippen LogP contribution in [0.1, 0.15) is 13.8 Å². The summed E-state index contributed by atoms with van der Waals surface area (Å²) in [7, 11) is 0. The fraction of sp³-hybridized carbons (Fsp3) is 0.778. The van der Waals surface area contributed by atoms with Gasteiger partial charge >= 0.3 is 0 Å². The normalized spacial score (nSPS) is 29.7. The van der Waals surface area contributed by atoms with Crippen LogP contribution < -0.4 is 0 Å². The molecule has 3 nitrogen and oxygen atoms in total. The highest BCUT2D eigenvalue weighted by atomic mass is 19.1. The smallest absolute Gasteiger partial charge is 0.163 e. The van der Waals surface area contributed by atoms with Crippen molar-refractivity contribution in [3.63, 3.8) is 0 Å². The molecule has 0 bridgehead atoms. The number of halogens is 1. The Bertz CT molecular complexity index is 191. The Kier molecular flexibility index (Phi) is 3.41. The van der Waals surface area contributed by atoms with Crippen LogP contribution in [0.15, 0.2) is 12.2 Å². The van der Waals surface area contributed by atoms with Gasteiger partial charge in [-0.3, -0.25) is 0 Å². The molecule has 1 heterocycles. The maximum Gasteiger partial charge on any atom is 0.163 e. The first-order chi connectivity index (χ1) is 6.05. The number of rotatable bonds is 3. The molecule has 0 aliphatic carbocycles. The van der Waals surface area contributed by atoms with Gasteiger partial charge in [0.15, 0.2) is 5.79 Å². The van der Waals surface area contributed by atoms with E-state index in [0.29, 0.717) is 0 Å². The third-order valence-corrected chi connectivity index (χ3v) is 1.81. The summed E-state index contributed by atoms with van der Waals surface area (Å²) in [5.41, 5.74) is 0. The Morgan fingerprint density at radius 3 is 2.85 bits per heavy atom. The first-order valence-corrected chi connectivity index (χ1v) is 4.28. The fourth-order valence-electron chi connectivity index (χ4n) is 1.19. The molecule has 13 heavy (non-hydrogen) atoms. The minimum atomic E-state index is -1.21. The largest absolute Gasteiger partial charge is 0.392 e. The second-order valence-corrected chi connectivity index (χ2v) is 3.42. The Morgan fingerprint density at radius 1 is 1.69 bits per heavy atom. The van der Waals surface area contributed by atoms with Crippen LogP contribution in [0.2, 0.25) is 0 Å². The summed E-state index contributed by atoms with van der Waals surface area (Å²) in [5.74, 6) is -0.692. The summed E-state index contributed by atoms with van der Waals surface area (Å²) in [5, 5.41) is 8.44. The highest BCUT2D eigenvalue weighted by Gasteiger charge is 2.36. The van der Waals surface area contributed by atoms with E-state index < -0.39 is 18.1 Å². The van der Waals surface area contributed by atoms with Gasteiger partial charge in [0.1, 0.15) is 12.3 Å². The minimum absolute atomic E-state index is 0.155. The molecule has 1 saturated heterocycles. The van der Waals surface area contributed by atoms with Gasteiger partial charge in [-0.05, 0) is 19.9 Å². The summed E-state index contributed by atoms with van der Waals surface area (Å²) < 4.78 is 23.7. The highest BCUT2D eigenvalue weighted by Crippen LogP contribution is 2.25. The van der Waals surface area contributed by atoms with E-state index in [9.17, 15) is 4.39 Å². The second kappa shape index (κ2) is 4.17. The zero-order chi connectivity index (χ0) is 9.90. The van der Waals surface area contributed by atoms with Crippen molar-refractivity contribution in [1.82, 2.24) is 0 Å². The molecular formula is C9H15FO3. The molecule has 0 radical (unpaired) electrons. The van der Waals surface area contributed by atoms with Crippen molar-refractivity contribution < 1.29 is 19.0 Å². The van der Waals surface area contributed by atoms with Crippen LogP contribution in [0, 0.1) is 0 Å². The molecule has 4 heteroatoms. The molecule has 1 aliphatic rings. The van der Waals surface area contributed by atoms with Gasteiger partial charge in [-0.2, -0.15) is 0 Å². The molecule has 2 atom stereocenters. The summed E-state index contributed by atoms with van der Waals surface area (Å²) in [6.07, 6.45) is 0.876. The highest BCUT2D eigenvalue weighted by molar-refractivity contribution is 4.94. The molecule has 0 saturated carbocycles. The Balaban J connectivity index is 2.42. The maximum atomic E-state index is 13.2. The van der Waals surface area contributed by atoms with Gasteiger partial charge in [0.05, 0.1) is 13.2 Å². The molecule has 1 rings (SSSR count). The fourth-order valence-corrected chi connectivity index (χ4v) is 1.19. The predicted molar refractivity (Wildman–Crippen MR) is 46.0 cm³/mol. The third-order valence-electron chi connectivity index (χ3n) is 1.81. The average molecular weight is 190 g/mol. The van der Waals surface area contributed by atoms with Crippen LogP contribution in [-0.2, 0) is 9.47 Å². The Hall–Kier alpha value is -0.450. The lowest BCUT2D eigenvalue weighted by atomic mass is 10.2.